The molecule has 0 saturated heterocycles. The maximum atomic E-state index is 12.5. The van der Waals surface area contributed by atoms with Crippen LogP contribution in [-0.4, -0.2) is 38.2 Å². The molecule has 0 heterocycles. The lowest BCUT2D eigenvalue weighted by Crippen LogP contribution is -2.30. The lowest BCUT2D eigenvalue weighted by molar-refractivity contribution is -0.122. The summed E-state index contributed by atoms with van der Waals surface area (Å²) in [6.07, 6.45) is -0.0233. The van der Waals surface area contributed by atoms with Crippen molar-refractivity contribution in [2.24, 2.45) is 0 Å². The van der Waals surface area contributed by atoms with E-state index in [9.17, 15) is 14.4 Å². The summed E-state index contributed by atoms with van der Waals surface area (Å²) in [5, 5.41) is 2.66. The molecule has 1 unspecified atom stereocenters. The van der Waals surface area contributed by atoms with Gasteiger partial charge in [0.15, 0.2) is 6.10 Å². The molecule has 0 aliphatic carbocycles. The second-order valence-corrected chi connectivity index (χ2v) is 5.99. The number of ether oxygens (including phenoxy) is 3. The number of carbonyl (C=O) groups is 3. The molecule has 0 aliphatic rings. The molecular formula is C21H23NO6. The zero-order valence-corrected chi connectivity index (χ0v) is 16.3. The molecule has 0 radical (unpaired) electrons. The molecule has 0 bridgehead atoms. The van der Waals surface area contributed by atoms with Crippen molar-refractivity contribution in [2.75, 3.05) is 19.5 Å². The highest BCUT2D eigenvalue weighted by Gasteiger charge is 2.19. The van der Waals surface area contributed by atoms with Gasteiger partial charge in [0.05, 0.1) is 25.3 Å². The molecule has 2 aromatic carbocycles. The van der Waals surface area contributed by atoms with E-state index >= 15 is 0 Å². The van der Waals surface area contributed by atoms with E-state index in [1.54, 1.807) is 13.0 Å². The molecule has 28 heavy (non-hydrogen) atoms. The number of amides is 1. The number of nitrogens with one attached hydrogen (secondary N) is 1. The van der Waals surface area contributed by atoms with Gasteiger partial charge in [0.25, 0.3) is 5.91 Å². The highest BCUT2D eigenvalue weighted by atomic mass is 16.5. The predicted octanol–water partition coefficient (Wildman–Crippen LogP) is 3.23. The number of benzene rings is 2. The molecule has 1 amide bonds. The standard InChI is InChI=1S/C21H23NO6/c1-5-14-8-6-7-9-18(14)28-13(2)19(23)22-17-11-15(20(24)26-3)10-16(12-17)21(25)27-4/h6-13H,5H2,1-4H3,(H,22,23). The zero-order valence-electron chi connectivity index (χ0n) is 16.3. The van der Waals surface area contributed by atoms with Crippen LogP contribution in [0, 0.1) is 0 Å². The monoisotopic (exact) mass is 385 g/mol. The van der Waals surface area contributed by atoms with Crippen LogP contribution in [0.5, 0.6) is 5.75 Å². The molecule has 7 heteroatoms. The van der Waals surface area contributed by atoms with Crippen LogP contribution in [0.2, 0.25) is 0 Å². The van der Waals surface area contributed by atoms with Crippen molar-refractivity contribution in [1.29, 1.82) is 0 Å². The van der Waals surface area contributed by atoms with Crippen LogP contribution < -0.4 is 10.1 Å². The minimum absolute atomic E-state index is 0.116. The van der Waals surface area contributed by atoms with E-state index in [1.165, 1.54) is 32.4 Å². The van der Waals surface area contributed by atoms with Crippen molar-refractivity contribution in [3.05, 3.63) is 59.2 Å². The number of aryl methyl sites for hydroxylation is 1. The van der Waals surface area contributed by atoms with Crippen LogP contribution in [0.15, 0.2) is 42.5 Å². The molecule has 2 aromatic rings. The van der Waals surface area contributed by atoms with Crippen LogP contribution in [0.25, 0.3) is 0 Å². The molecule has 0 fully saturated rings. The number of methoxy groups -OCH3 is 2. The van der Waals surface area contributed by atoms with Gasteiger partial charge in [0.1, 0.15) is 5.75 Å². The van der Waals surface area contributed by atoms with Gasteiger partial charge in [-0.2, -0.15) is 0 Å². The van der Waals surface area contributed by atoms with E-state index in [1.807, 2.05) is 25.1 Å². The fraction of sp³-hybridized carbons (Fsp3) is 0.286. The average Bonchev–Trinajstić information content (AvgIpc) is 2.72. The summed E-state index contributed by atoms with van der Waals surface area (Å²) in [6, 6.07) is 11.7. The topological polar surface area (TPSA) is 90.9 Å². The zero-order chi connectivity index (χ0) is 20.7. The van der Waals surface area contributed by atoms with Gasteiger partial charge in [-0.15, -0.1) is 0 Å². The van der Waals surface area contributed by atoms with Gasteiger partial charge in [-0.05, 0) is 43.2 Å². The Balaban J connectivity index is 2.21. The molecule has 0 spiro atoms. The Hall–Kier alpha value is -3.35. The van der Waals surface area contributed by atoms with E-state index < -0.39 is 23.9 Å². The Bertz CT molecular complexity index is 843. The highest BCUT2D eigenvalue weighted by Crippen LogP contribution is 2.21. The fourth-order valence-electron chi connectivity index (χ4n) is 2.57. The first-order valence-electron chi connectivity index (χ1n) is 8.76. The molecule has 0 aliphatic heterocycles. The SMILES string of the molecule is CCc1ccccc1OC(C)C(=O)Nc1cc(C(=O)OC)cc(C(=O)OC)c1. The van der Waals surface area contributed by atoms with Gasteiger partial charge in [-0.3, -0.25) is 4.79 Å². The third-order valence-corrected chi connectivity index (χ3v) is 4.07. The lowest BCUT2D eigenvalue weighted by atomic mass is 10.1. The van der Waals surface area contributed by atoms with Gasteiger partial charge in [-0.25, -0.2) is 9.59 Å². The molecule has 1 N–H and O–H groups in total. The summed E-state index contributed by atoms with van der Waals surface area (Å²) < 4.78 is 15.1. The largest absolute Gasteiger partial charge is 0.481 e. The third-order valence-electron chi connectivity index (χ3n) is 4.07. The summed E-state index contributed by atoms with van der Waals surface area (Å²) in [4.78, 5) is 36.2. The van der Waals surface area contributed by atoms with Crippen LogP contribution in [0.1, 0.15) is 40.1 Å². The van der Waals surface area contributed by atoms with Crippen LogP contribution in [0.3, 0.4) is 0 Å². The van der Waals surface area contributed by atoms with Crippen molar-refractivity contribution >= 4 is 23.5 Å². The number of hydrogen-bond donors (Lipinski definition) is 1. The Morgan fingerprint density at radius 3 is 2.07 bits per heavy atom. The summed E-state index contributed by atoms with van der Waals surface area (Å²) in [5.74, 6) is -1.07. The maximum Gasteiger partial charge on any atom is 0.337 e. The van der Waals surface area contributed by atoms with Crippen molar-refractivity contribution in [3.8, 4) is 5.75 Å². The van der Waals surface area contributed by atoms with E-state index in [4.69, 9.17) is 4.74 Å². The number of esters is 2. The van der Waals surface area contributed by atoms with Gasteiger partial charge >= 0.3 is 11.9 Å². The van der Waals surface area contributed by atoms with Crippen LogP contribution in [-0.2, 0) is 20.7 Å². The summed E-state index contributed by atoms with van der Waals surface area (Å²) in [6.45, 7) is 3.62. The van der Waals surface area contributed by atoms with Crippen LogP contribution in [0.4, 0.5) is 5.69 Å². The van der Waals surface area contributed by atoms with Crippen molar-refractivity contribution in [2.45, 2.75) is 26.4 Å². The molecular weight excluding hydrogens is 362 g/mol. The Kier molecular flexibility index (Phi) is 7.14. The molecule has 148 valence electrons. The number of rotatable bonds is 7. The number of carbonyl (C=O) groups excluding carboxylic acids is 3. The summed E-state index contributed by atoms with van der Waals surface area (Å²) in [5.41, 5.74) is 1.48. The van der Waals surface area contributed by atoms with Crippen molar-refractivity contribution in [3.63, 3.8) is 0 Å². The Morgan fingerprint density at radius 1 is 0.964 bits per heavy atom. The number of hydrogen-bond acceptors (Lipinski definition) is 6. The smallest absolute Gasteiger partial charge is 0.337 e. The van der Waals surface area contributed by atoms with Crippen LogP contribution >= 0.6 is 0 Å². The minimum atomic E-state index is -0.795. The molecule has 2 rings (SSSR count). The minimum Gasteiger partial charge on any atom is -0.481 e. The average molecular weight is 385 g/mol. The normalized spacial score (nSPS) is 11.3. The quantitative estimate of drug-likeness (QED) is 0.736. The fourth-order valence-corrected chi connectivity index (χ4v) is 2.57. The number of para-hydroxylation sites is 1. The first-order valence-corrected chi connectivity index (χ1v) is 8.76. The van der Waals surface area contributed by atoms with Gasteiger partial charge in [0, 0.05) is 5.69 Å². The Labute approximate surface area is 163 Å². The second-order valence-electron chi connectivity index (χ2n) is 5.99. The highest BCUT2D eigenvalue weighted by molar-refractivity contribution is 6.00. The molecule has 0 aromatic heterocycles. The van der Waals surface area contributed by atoms with Gasteiger partial charge in [-0.1, -0.05) is 25.1 Å². The first kappa shape index (κ1) is 21.0. The third kappa shape index (κ3) is 5.09. The summed E-state index contributed by atoms with van der Waals surface area (Å²) >= 11 is 0. The molecule has 7 nitrogen and oxygen atoms in total. The first-order chi connectivity index (χ1) is 13.4. The summed E-state index contributed by atoms with van der Waals surface area (Å²) in [7, 11) is 2.46. The van der Waals surface area contributed by atoms with Crippen molar-refractivity contribution < 1.29 is 28.6 Å². The molecule has 1 atom stereocenters. The van der Waals surface area contributed by atoms with E-state index in [0.29, 0.717) is 5.75 Å². The number of anilines is 1. The second kappa shape index (κ2) is 9.55. The van der Waals surface area contributed by atoms with Gasteiger partial charge < -0.3 is 19.5 Å². The molecule has 0 saturated carbocycles. The van der Waals surface area contributed by atoms with E-state index in [2.05, 4.69) is 14.8 Å². The lowest BCUT2D eigenvalue weighted by Gasteiger charge is -2.17. The van der Waals surface area contributed by atoms with E-state index in [-0.39, 0.29) is 16.8 Å². The predicted molar refractivity (Wildman–Crippen MR) is 104 cm³/mol. The Morgan fingerprint density at radius 2 is 1.54 bits per heavy atom. The maximum absolute atomic E-state index is 12.5. The van der Waals surface area contributed by atoms with E-state index in [0.717, 1.165) is 12.0 Å². The van der Waals surface area contributed by atoms with Crippen molar-refractivity contribution in [1.82, 2.24) is 0 Å². The van der Waals surface area contributed by atoms with Gasteiger partial charge in [0.2, 0.25) is 0 Å².